The van der Waals surface area contributed by atoms with Gasteiger partial charge in [0.25, 0.3) is 5.91 Å². The van der Waals surface area contributed by atoms with Crippen LogP contribution in [-0.2, 0) is 11.3 Å². The number of carbonyl (C=O) groups excluding carboxylic acids is 1. The Morgan fingerprint density at radius 3 is 3.10 bits per heavy atom. The minimum Gasteiger partial charge on any atom is -0.482 e. The lowest BCUT2D eigenvalue weighted by molar-refractivity contribution is -0.121. The molecule has 104 valence electrons. The van der Waals surface area contributed by atoms with Crippen molar-refractivity contribution in [3.63, 3.8) is 0 Å². The van der Waals surface area contributed by atoms with E-state index in [4.69, 9.17) is 4.74 Å². The first-order chi connectivity index (χ1) is 9.78. The number of nitrogens with zero attached hydrogens (tertiary/aromatic N) is 3. The lowest BCUT2D eigenvalue weighted by atomic mass is 10.2. The predicted octanol–water partition coefficient (Wildman–Crippen LogP) is 1.90. The second-order valence-electron chi connectivity index (χ2n) is 4.27. The van der Waals surface area contributed by atoms with E-state index in [1.807, 2.05) is 31.2 Å². The van der Waals surface area contributed by atoms with Crippen LogP contribution >= 0.6 is 11.3 Å². The molecule has 2 aromatic rings. The first-order valence-electron chi connectivity index (χ1n) is 6.36. The average Bonchev–Trinajstić information content (AvgIpc) is 2.90. The number of fused-ring (bicyclic) bond motifs is 1. The minimum absolute atomic E-state index is 0.0654. The molecule has 0 aliphatic carbocycles. The molecule has 0 radical (unpaired) electrons. The van der Waals surface area contributed by atoms with Gasteiger partial charge < -0.3 is 10.1 Å². The normalized spacial score (nSPS) is 13.8. The monoisotopic (exact) mass is 290 g/mol. The van der Waals surface area contributed by atoms with Crippen LogP contribution in [-0.4, -0.2) is 29.3 Å². The molecule has 3 rings (SSSR count). The van der Waals surface area contributed by atoms with Gasteiger partial charge in [0.05, 0.1) is 12.2 Å². The van der Waals surface area contributed by atoms with Crippen molar-refractivity contribution < 1.29 is 9.53 Å². The van der Waals surface area contributed by atoms with E-state index in [1.165, 1.54) is 11.3 Å². The summed E-state index contributed by atoms with van der Waals surface area (Å²) in [5, 5.41) is 12.8. The van der Waals surface area contributed by atoms with E-state index < -0.39 is 0 Å². The summed E-state index contributed by atoms with van der Waals surface area (Å²) in [4.78, 5) is 13.7. The van der Waals surface area contributed by atoms with Crippen molar-refractivity contribution in [3.8, 4) is 5.75 Å². The Labute approximate surface area is 120 Å². The largest absolute Gasteiger partial charge is 0.482 e. The molecule has 7 heteroatoms. The SMILES string of the molecule is CCNc1nnc(CN2C(=O)COc3ccccc32)s1. The highest BCUT2D eigenvalue weighted by atomic mass is 32.1. The fourth-order valence-corrected chi connectivity index (χ4v) is 2.80. The van der Waals surface area contributed by atoms with Gasteiger partial charge in [-0.1, -0.05) is 23.5 Å². The number of nitrogens with one attached hydrogen (secondary N) is 1. The van der Waals surface area contributed by atoms with Gasteiger partial charge in [0, 0.05) is 6.54 Å². The third-order valence-corrected chi connectivity index (χ3v) is 3.76. The van der Waals surface area contributed by atoms with Crippen molar-refractivity contribution >= 4 is 28.1 Å². The van der Waals surface area contributed by atoms with E-state index in [9.17, 15) is 4.79 Å². The van der Waals surface area contributed by atoms with E-state index in [-0.39, 0.29) is 12.5 Å². The molecule has 6 nitrogen and oxygen atoms in total. The molecule has 1 amide bonds. The molecule has 0 saturated carbocycles. The summed E-state index contributed by atoms with van der Waals surface area (Å²) in [5.41, 5.74) is 0.781. The predicted molar refractivity (Wildman–Crippen MR) is 77.2 cm³/mol. The highest BCUT2D eigenvalue weighted by Gasteiger charge is 2.26. The van der Waals surface area contributed by atoms with Crippen LogP contribution in [0.15, 0.2) is 24.3 Å². The van der Waals surface area contributed by atoms with Crippen molar-refractivity contribution in [1.29, 1.82) is 0 Å². The third-order valence-electron chi connectivity index (χ3n) is 2.90. The number of para-hydroxylation sites is 2. The van der Waals surface area contributed by atoms with Gasteiger partial charge in [0.15, 0.2) is 6.61 Å². The Hall–Kier alpha value is -2.15. The number of carbonyl (C=O) groups is 1. The zero-order chi connectivity index (χ0) is 13.9. The van der Waals surface area contributed by atoms with E-state index in [0.29, 0.717) is 6.54 Å². The van der Waals surface area contributed by atoms with Crippen LogP contribution in [0, 0.1) is 0 Å². The molecule has 20 heavy (non-hydrogen) atoms. The number of hydrogen-bond acceptors (Lipinski definition) is 6. The number of aromatic nitrogens is 2. The van der Waals surface area contributed by atoms with Gasteiger partial charge in [-0.3, -0.25) is 9.69 Å². The van der Waals surface area contributed by atoms with Crippen LogP contribution in [0.3, 0.4) is 0 Å². The van der Waals surface area contributed by atoms with Gasteiger partial charge in [-0.25, -0.2) is 0 Å². The van der Waals surface area contributed by atoms with Crippen LogP contribution < -0.4 is 15.0 Å². The molecule has 1 aliphatic heterocycles. The average molecular weight is 290 g/mol. The molecular weight excluding hydrogens is 276 g/mol. The third kappa shape index (κ3) is 2.44. The summed E-state index contributed by atoms with van der Waals surface area (Å²) in [6.07, 6.45) is 0. The van der Waals surface area contributed by atoms with Crippen LogP contribution in [0.5, 0.6) is 5.75 Å². The first-order valence-corrected chi connectivity index (χ1v) is 7.18. The van der Waals surface area contributed by atoms with Crippen molar-refractivity contribution in [2.75, 3.05) is 23.4 Å². The molecule has 0 unspecified atom stereocenters. The van der Waals surface area contributed by atoms with Gasteiger partial charge >= 0.3 is 0 Å². The number of rotatable bonds is 4. The molecule has 0 spiro atoms. The smallest absolute Gasteiger partial charge is 0.265 e. The van der Waals surface area contributed by atoms with Gasteiger partial charge in [0.1, 0.15) is 10.8 Å². The van der Waals surface area contributed by atoms with Crippen molar-refractivity contribution in [3.05, 3.63) is 29.3 Å². The summed E-state index contributed by atoms with van der Waals surface area (Å²) in [7, 11) is 0. The Bertz CT molecular complexity index is 628. The standard InChI is InChI=1S/C13H14N4O2S/c1-2-14-13-16-15-11(20-13)7-17-9-5-3-4-6-10(9)19-8-12(17)18/h3-6H,2,7-8H2,1H3,(H,14,16). The highest BCUT2D eigenvalue weighted by Crippen LogP contribution is 2.33. The number of anilines is 2. The fourth-order valence-electron chi connectivity index (χ4n) is 2.00. The summed E-state index contributed by atoms with van der Waals surface area (Å²) in [6, 6.07) is 7.51. The van der Waals surface area contributed by atoms with E-state index >= 15 is 0 Å². The Kier molecular flexibility index (Phi) is 3.51. The maximum atomic E-state index is 12.0. The number of amides is 1. The first kappa shape index (κ1) is 12.9. The summed E-state index contributed by atoms with van der Waals surface area (Å²) in [6.45, 7) is 3.29. The van der Waals surface area contributed by atoms with Gasteiger partial charge in [-0.15, -0.1) is 10.2 Å². The van der Waals surface area contributed by atoms with E-state index in [2.05, 4.69) is 15.5 Å². The molecule has 0 saturated heterocycles. The van der Waals surface area contributed by atoms with Crippen LogP contribution in [0.25, 0.3) is 0 Å². The Morgan fingerprint density at radius 2 is 2.25 bits per heavy atom. The second kappa shape index (κ2) is 5.46. The molecular formula is C13H14N4O2S. The summed E-state index contributed by atoms with van der Waals surface area (Å²) in [5.74, 6) is 0.660. The molecule has 2 heterocycles. The van der Waals surface area contributed by atoms with Gasteiger partial charge in [-0.2, -0.15) is 0 Å². The molecule has 0 bridgehead atoms. The quantitative estimate of drug-likeness (QED) is 0.931. The maximum absolute atomic E-state index is 12.0. The fraction of sp³-hybridized carbons (Fsp3) is 0.308. The Morgan fingerprint density at radius 1 is 1.40 bits per heavy atom. The lowest BCUT2D eigenvalue weighted by Gasteiger charge is -2.28. The second-order valence-corrected chi connectivity index (χ2v) is 5.33. The van der Waals surface area contributed by atoms with Crippen LogP contribution in [0.4, 0.5) is 10.8 Å². The molecule has 1 aromatic heterocycles. The van der Waals surface area contributed by atoms with Gasteiger partial charge in [-0.05, 0) is 19.1 Å². The maximum Gasteiger partial charge on any atom is 0.265 e. The molecule has 1 aromatic carbocycles. The Balaban J connectivity index is 1.83. The summed E-state index contributed by atoms with van der Waals surface area (Å²) < 4.78 is 5.41. The van der Waals surface area contributed by atoms with Crippen molar-refractivity contribution in [1.82, 2.24) is 10.2 Å². The van der Waals surface area contributed by atoms with Crippen LogP contribution in [0.2, 0.25) is 0 Å². The number of ether oxygens (including phenoxy) is 1. The van der Waals surface area contributed by atoms with E-state index in [1.54, 1.807) is 4.90 Å². The summed E-state index contributed by atoms with van der Waals surface area (Å²) >= 11 is 1.46. The number of benzene rings is 1. The molecule has 0 fully saturated rings. The molecule has 1 aliphatic rings. The zero-order valence-electron chi connectivity index (χ0n) is 11.0. The molecule has 1 N–H and O–H groups in total. The highest BCUT2D eigenvalue weighted by molar-refractivity contribution is 7.15. The number of hydrogen-bond donors (Lipinski definition) is 1. The molecule has 0 atom stereocenters. The van der Waals surface area contributed by atoms with Crippen molar-refractivity contribution in [2.24, 2.45) is 0 Å². The van der Waals surface area contributed by atoms with Crippen molar-refractivity contribution in [2.45, 2.75) is 13.5 Å². The lowest BCUT2D eigenvalue weighted by Crippen LogP contribution is -2.38. The zero-order valence-corrected chi connectivity index (χ0v) is 11.8. The topological polar surface area (TPSA) is 67.4 Å². The van der Waals surface area contributed by atoms with Gasteiger partial charge in [0.2, 0.25) is 5.13 Å². The minimum atomic E-state index is -0.0658. The van der Waals surface area contributed by atoms with E-state index in [0.717, 1.165) is 28.1 Å². The van der Waals surface area contributed by atoms with Crippen LogP contribution in [0.1, 0.15) is 11.9 Å².